The molecular weight excluding hydrogens is 366 g/mol. The first-order valence-electron chi connectivity index (χ1n) is 10.4. The SMILES string of the molecule is Cc1cc(C(=O)CN2CCN(C(=O)COc3ccccc3)CC2)c(C)n1C1CC1. The maximum Gasteiger partial charge on any atom is 0.260 e. The van der Waals surface area contributed by atoms with Crippen LogP contribution in [0.3, 0.4) is 0 Å². The summed E-state index contributed by atoms with van der Waals surface area (Å²) in [5, 5.41) is 0. The summed E-state index contributed by atoms with van der Waals surface area (Å²) >= 11 is 0. The van der Waals surface area contributed by atoms with E-state index in [2.05, 4.69) is 23.3 Å². The lowest BCUT2D eigenvalue weighted by Gasteiger charge is -2.34. The number of hydrogen-bond donors (Lipinski definition) is 0. The molecule has 1 aromatic heterocycles. The van der Waals surface area contributed by atoms with Gasteiger partial charge in [-0.2, -0.15) is 0 Å². The highest BCUT2D eigenvalue weighted by Gasteiger charge is 2.29. The standard InChI is InChI=1S/C23H29N3O3/c1-17-14-21(18(2)26(17)19-8-9-19)22(27)15-24-10-12-25(13-11-24)23(28)16-29-20-6-4-3-5-7-20/h3-7,14,19H,8-13,15-16H2,1-2H3. The van der Waals surface area contributed by atoms with Crippen molar-refractivity contribution in [2.24, 2.45) is 0 Å². The molecule has 0 bridgehead atoms. The molecule has 6 heteroatoms. The summed E-state index contributed by atoms with van der Waals surface area (Å²) in [6, 6.07) is 12.0. The molecule has 2 aliphatic rings. The molecule has 2 aromatic rings. The molecule has 0 spiro atoms. The van der Waals surface area contributed by atoms with Gasteiger partial charge in [0.05, 0.1) is 6.54 Å². The van der Waals surface area contributed by atoms with Crippen molar-refractivity contribution in [1.82, 2.24) is 14.4 Å². The Morgan fingerprint density at radius 2 is 1.72 bits per heavy atom. The molecule has 1 saturated heterocycles. The average molecular weight is 396 g/mol. The Balaban J connectivity index is 1.26. The number of aryl methyl sites for hydroxylation is 1. The zero-order valence-electron chi connectivity index (χ0n) is 17.3. The molecule has 0 atom stereocenters. The fraction of sp³-hybridized carbons (Fsp3) is 0.478. The van der Waals surface area contributed by atoms with E-state index >= 15 is 0 Å². The van der Waals surface area contributed by atoms with E-state index in [-0.39, 0.29) is 18.3 Å². The largest absolute Gasteiger partial charge is 0.484 e. The smallest absolute Gasteiger partial charge is 0.260 e. The average Bonchev–Trinajstić information content (AvgIpc) is 3.51. The van der Waals surface area contributed by atoms with Gasteiger partial charge in [-0.25, -0.2) is 0 Å². The molecule has 1 aliphatic heterocycles. The molecule has 0 N–H and O–H groups in total. The van der Waals surface area contributed by atoms with E-state index in [0.29, 0.717) is 44.5 Å². The van der Waals surface area contributed by atoms with Crippen LogP contribution in [-0.4, -0.2) is 65.4 Å². The van der Waals surface area contributed by atoms with Crippen molar-refractivity contribution < 1.29 is 14.3 Å². The highest BCUT2D eigenvalue weighted by Crippen LogP contribution is 2.38. The molecule has 4 rings (SSSR count). The number of nitrogens with zero attached hydrogens (tertiary/aromatic N) is 3. The third kappa shape index (κ3) is 4.53. The molecule has 0 unspecified atom stereocenters. The highest BCUT2D eigenvalue weighted by molar-refractivity contribution is 5.99. The minimum absolute atomic E-state index is 0.00666. The number of aromatic nitrogens is 1. The van der Waals surface area contributed by atoms with Crippen LogP contribution in [0.1, 0.15) is 40.6 Å². The first-order valence-corrected chi connectivity index (χ1v) is 10.4. The first kappa shape index (κ1) is 19.7. The van der Waals surface area contributed by atoms with E-state index in [9.17, 15) is 9.59 Å². The van der Waals surface area contributed by atoms with E-state index in [0.717, 1.165) is 11.3 Å². The number of rotatable bonds is 7. The summed E-state index contributed by atoms with van der Waals surface area (Å²) in [7, 11) is 0. The Labute approximate surface area is 172 Å². The number of carbonyl (C=O) groups excluding carboxylic acids is 2. The van der Waals surface area contributed by atoms with E-state index in [1.807, 2.05) is 41.3 Å². The zero-order valence-corrected chi connectivity index (χ0v) is 17.3. The van der Waals surface area contributed by atoms with Gasteiger partial charge in [-0.3, -0.25) is 14.5 Å². The quantitative estimate of drug-likeness (QED) is 0.677. The molecular formula is C23H29N3O3. The molecule has 1 saturated carbocycles. The van der Waals surface area contributed by atoms with Crippen LogP contribution in [0.25, 0.3) is 0 Å². The number of ketones is 1. The zero-order chi connectivity index (χ0) is 20.4. The van der Waals surface area contributed by atoms with Gasteiger partial charge in [0.15, 0.2) is 12.4 Å². The Hall–Kier alpha value is -2.60. The number of ether oxygens (including phenoxy) is 1. The van der Waals surface area contributed by atoms with E-state index in [4.69, 9.17) is 4.74 Å². The van der Waals surface area contributed by atoms with Crippen molar-refractivity contribution in [2.75, 3.05) is 39.3 Å². The molecule has 2 heterocycles. The van der Waals surface area contributed by atoms with E-state index < -0.39 is 0 Å². The third-order valence-corrected chi connectivity index (χ3v) is 5.89. The summed E-state index contributed by atoms with van der Waals surface area (Å²) in [4.78, 5) is 29.2. The van der Waals surface area contributed by atoms with Gasteiger partial charge in [-0.05, 0) is 44.9 Å². The Morgan fingerprint density at radius 3 is 2.38 bits per heavy atom. The molecule has 1 amide bonds. The van der Waals surface area contributed by atoms with Gasteiger partial charge in [0.1, 0.15) is 5.75 Å². The summed E-state index contributed by atoms with van der Waals surface area (Å²) in [5.74, 6) is 0.874. The second-order valence-electron chi connectivity index (χ2n) is 8.07. The van der Waals surface area contributed by atoms with Gasteiger partial charge in [0, 0.05) is 49.2 Å². The number of carbonyl (C=O) groups is 2. The predicted molar refractivity (Wildman–Crippen MR) is 111 cm³/mol. The monoisotopic (exact) mass is 395 g/mol. The summed E-state index contributed by atoms with van der Waals surface area (Å²) < 4.78 is 7.88. The van der Waals surface area contributed by atoms with E-state index in [1.165, 1.54) is 18.5 Å². The molecule has 29 heavy (non-hydrogen) atoms. The fourth-order valence-electron chi connectivity index (χ4n) is 4.15. The minimum Gasteiger partial charge on any atom is -0.484 e. The van der Waals surface area contributed by atoms with E-state index in [1.54, 1.807) is 0 Å². The van der Waals surface area contributed by atoms with Crippen LogP contribution in [0.15, 0.2) is 36.4 Å². The molecule has 1 aromatic carbocycles. The molecule has 1 aliphatic carbocycles. The second kappa shape index (κ2) is 8.41. The number of amides is 1. The normalized spacial score (nSPS) is 17.4. The van der Waals surface area contributed by atoms with Gasteiger partial charge in [-0.1, -0.05) is 18.2 Å². The summed E-state index contributed by atoms with van der Waals surface area (Å²) in [6.07, 6.45) is 2.43. The second-order valence-corrected chi connectivity index (χ2v) is 8.07. The van der Waals surface area contributed by atoms with Crippen molar-refractivity contribution >= 4 is 11.7 Å². The fourth-order valence-corrected chi connectivity index (χ4v) is 4.15. The Morgan fingerprint density at radius 1 is 1.03 bits per heavy atom. The summed E-state index contributed by atoms with van der Waals surface area (Å²) in [6.45, 7) is 7.30. The van der Waals surface area contributed by atoms with Crippen LogP contribution in [0.4, 0.5) is 0 Å². The van der Waals surface area contributed by atoms with Crippen molar-refractivity contribution in [2.45, 2.75) is 32.7 Å². The lowest BCUT2D eigenvalue weighted by atomic mass is 10.1. The van der Waals surface area contributed by atoms with Gasteiger partial charge in [0.2, 0.25) is 0 Å². The number of Topliss-reactive ketones (excluding diaryl/α,β-unsaturated/α-hetero) is 1. The topological polar surface area (TPSA) is 54.8 Å². The number of hydrogen-bond acceptors (Lipinski definition) is 4. The Kier molecular flexibility index (Phi) is 5.72. The van der Waals surface area contributed by atoms with Crippen LogP contribution in [-0.2, 0) is 4.79 Å². The number of benzene rings is 1. The van der Waals surface area contributed by atoms with Crippen LogP contribution >= 0.6 is 0 Å². The van der Waals surface area contributed by atoms with Crippen molar-refractivity contribution in [3.05, 3.63) is 53.3 Å². The molecule has 2 fully saturated rings. The predicted octanol–water partition coefficient (Wildman–Crippen LogP) is 2.85. The van der Waals surface area contributed by atoms with Crippen LogP contribution in [0, 0.1) is 13.8 Å². The summed E-state index contributed by atoms with van der Waals surface area (Å²) in [5.41, 5.74) is 3.13. The van der Waals surface area contributed by atoms with Crippen LogP contribution < -0.4 is 4.74 Å². The maximum absolute atomic E-state index is 12.9. The van der Waals surface area contributed by atoms with Gasteiger partial charge < -0.3 is 14.2 Å². The molecule has 154 valence electrons. The maximum atomic E-state index is 12.9. The molecule has 6 nitrogen and oxygen atoms in total. The van der Waals surface area contributed by atoms with Crippen molar-refractivity contribution in [1.29, 1.82) is 0 Å². The Bertz CT molecular complexity index is 878. The molecule has 0 radical (unpaired) electrons. The number of para-hydroxylation sites is 1. The minimum atomic E-state index is -0.00666. The van der Waals surface area contributed by atoms with Crippen molar-refractivity contribution in [3.8, 4) is 5.75 Å². The van der Waals surface area contributed by atoms with Gasteiger partial charge in [-0.15, -0.1) is 0 Å². The van der Waals surface area contributed by atoms with Crippen LogP contribution in [0.5, 0.6) is 5.75 Å². The highest BCUT2D eigenvalue weighted by atomic mass is 16.5. The van der Waals surface area contributed by atoms with Crippen molar-refractivity contribution in [3.63, 3.8) is 0 Å². The van der Waals surface area contributed by atoms with Gasteiger partial charge >= 0.3 is 0 Å². The van der Waals surface area contributed by atoms with Crippen LogP contribution in [0.2, 0.25) is 0 Å². The lowest BCUT2D eigenvalue weighted by molar-refractivity contribution is -0.135. The number of piperazine rings is 1. The van der Waals surface area contributed by atoms with Gasteiger partial charge in [0.25, 0.3) is 5.91 Å². The third-order valence-electron chi connectivity index (χ3n) is 5.89. The first-order chi connectivity index (χ1) is 14.0. The lowest BCUT2D eigenvalue weighted by Crippen LogP contribution is -2.51.